The van der Waals surface area contributed by atoms with Crippen LogP contribution in [0.25, 0.3) is 0 Å². The zero-order valence-corrected chi connectivity index (χ0v) is 14.5. The van der Waals surface area contributed by atoms with E-state index in [-0.39, 0.29) is 28.6 Å². The maximum Gasteiger partial charge on any atom is 0.408 e. The van der Waals surface area contributed by atoms with Gasteiger partial charge in [-0.2, -0.15) is 0 Å². The Labute approximate surface area is 150 Å². The van der Waals surface area contributed by atoms with Crippen molar-refractivity contribution in [2.45, 2.75) is 31.5 Å². The van der Waals surface area contributed by atoms with Crippen LogP contribution in [0.1, 0.15) is 27.2 Å². The van der Waals surface area contributed by atoms with Crippen LogP contribution in [0.3, 0.4) is 0 Å². The molecule has 3 heterocycles. The molecule has 1 unspecified atom stereocenters. The number of nitrogens with zero attached hydrogens (tertiary/aromatic N) is 1. The number of hydrogen-bond donors (Lipinski definition) is 4. The number of anilines is 1. The molecule has 1 aromatic heterocycles. The summed E-state index contributed by atoms with van der Waals surface area (Å²) in [4.78, 5) is 48.7. The smallest absolute Gasteiger partial charge is 0.408 e. The van der Waals surface area contributed by atoms with Crippen LogP contribution in [0.5, 0.6) is 0 Å². The predicted octanol–water partition coefficient (Wildman–Crippen LogP) is 0.582. The van der Waals surface area contributed by atoms with Crippen LogP contribution in [0, 0.1) is 0 Å². The molecule has 0 saturated carbocycles. The second kappa shape index (κ2) is 6.56. The molecule has 11 heteroatoms. The number of rotatable bonds is 3. The topological polar surface area (TPSA) is 150 Å². The molecule has 1 aromatic rings. The minimum absolute atomic E-state index is 0.0738. The lowest BCUT2D eigenvalue weighted by Crippen LogP contribution is -2.54. The Bertz CT molecular complexity index is 777. The third kappa shape index (κ3) is 3.16. The number of thioether (sulfide) groups is 1. The van der Waals surface area contributed by atoms with E-state index < -0.39 is 30.1 Å². The first-order chi connectivity index (χ1) is 11.8. The Morgan fingerprint density at radius 3 is 2.56 bits per heavy atom. The van der Waals surface area contributed by atoms with Gasteiger partial charge in [-0.15, -0.1) is 11.3 Å². The highest BCUT2D eigenvalue weighted by Gasteiger charge is 2.40. The maximum absolute atomic E-state index is 12.6. The Morgan fingerprint density at radius 2 is 2.00 bits per heavy atom. The summed E-state index contributed by atoms with van der Waals surface area (Å²) >= 11 is 2.14. The van der Waals surface area contributed by atoms with E-state index in [0.29, 0.717) is 22.6 Å². The Kier molecular flexibility index (Phi) is 4.60. The Morgan fingerprint density at radius 1 is 1.28 bits per heavy atom. The lowest BCUT2D eigenvalue weighted by Gasteiger charge is -2.33. The fraction of sp³-hybridized carbons (Fsp3) is 0.429. The molecule has 0 aliphatic carbocycles. The van der Waals surface area contributed by atoms with Gasteiger partial charge in [0.05, 0.1) is 18.2 Å². The largest absolute Gasteiger partial charge is 0.478 e. The van der Waals surface area contributed by atoms with Crippen LogP contribution in [-0.2, 0) is 22.6 Å². The van der Waals surface area contributed by atoms with Crippen LogP contribution >= 0.6 is 23.1 Å². The van der Waals surface area contributed by atoms with Crippen molar-refractivity contribution in [3.8, 4) is 0 Å². The number of carboxylic acids is 1. The van der Waals surface area contributed by atoms with Gasteiger partial charge in [0.25, 0.3) is 0 Å². The number of hydrogen-bond acceptors (Lipinski definition) is 7. The number of nitrogens with one attached hydrogen (secondary N) is 1. The highest BCUT2D eigenvalue weighted by Crippen LogP contribution is 2.37. The van der Waals surface area contributed by atoms with Gasteiger partial charge in [-0.05, 0) is 12.0 Å². The summed E-state index contributed by atoms with van der Waals surface area (Å²) in [5.74, 6) is -1.21. The molecule has 134 valence electrons. The van der Waals surface area contributed by atoms with Crippen molar-refractivity contribution in [1.82, 2.24) is 10.2 Å². The van der Waals surface area contributed by atoms with Crippen molar-refractivity contribution in [3.63, 3.8) is 0 Å². The second-order valence-electron chi connectivity index (χ2n) is 5.70. The predicted molar refractivity (Wildman–Crippen MR) is 90.8 cm³/mol. The average molecular weight is 385 g/mol. The molecule has 1 saturated heterocycles. The van der Waals surface area contributed by atoms with Crippen molar-refractivity contribution in [2.24, 2.45) is 0 Å². The highest BCUT2D eigenvalue weighted by atomic mass is 32.2. The number of carboxylic acid groups (broad SMARTS) is 2. The number of amides is 2. The standard InChI is InChI=1S/C14H15N3O6S2/c15-10-9(12(19)20)5-3-7(17(14(22)23)4-8(5)25-10)11(18)16-6-1-2-24-13(6)21/h6-7H,1-4,15H2,(H,16,18)(H,19,20)(H,22,23)/t6?,7-/m0/s1. The quantitative estimate of drug-likeness (QED) is 0.590. The number of carbonyl (C=O) groups is 4. The van der Waals surface area contributed by atoms with Crippen LogP contribution in [0.15, 0.2) is 0 Å². The van der Waals surface area contributed by atoms with Crippen molar-refractivity contribution in [3.05, 3.63) is 16.0 Å². The van der Waals surface area contributed by atoms with E-state index in [1.807, 2.05) is 0 Å². The molecule has 3 rings (SSSR count). The second-order valence-corrected chi connectivity index (χ2v) is 7.93. The summed E-state index contributed by atoms with van der Waals surface area (Å²) in [6, 6.07) is -1.74. The SMILES string of the molecule is Nc1sc2c(c1C(=O)O)C[C@@H](C(=O)NC1CCSC1=O)N(C(=O)O)C2. The van der Waals surface area contributed by atoms with E-state index in [1.54, 1.807) is 0 Å². The molecule has 2 amide bonds. The van der Waals surface area contributed by atoms with Gasteiger partial charge in [-0.25, -0.2) is 9.59 Å². The van der Waals surface area contributed by atoms with Gasteiger partial charge in [0.1, 0.15) is 11.0 Å². The molecule has 2 aliphatic rings. The molecule has 0 bridgehead atoms. The van der Waals surface area contributed by atoms with Gasteiger partial charge in [-0.1, -0.05) is 11.8 Å². The lowest BCUT2D eigenvalue weighted by atomic mass is 9.95. The fourth-order valence-corrected chi connectivity index (χ4v) is 5.03. The van der Waals surface area contributed by atoms with Crippen LogP contribution < -0.4 is 11.1 Å². The monoisotopic (exact) mass is 385 g/mol. The third-order valence-corrected chi connectivity index (χ3v) is 6.27. The van der Waals surface area contributed by atoms with Crippen molar-refractivity contribution < 1.29 is 29.4 Å². The summed E-state index contributed by atoms with van der Waals surface area (Å²) < 4.78 is 0. The van der Waals surface area contributed by atoms with E-state index in [1.165, 1.54) is 0 Å². The van der Waals surface area contributed by atoms with Gasteiger partial charge in [0.2, 0.25) is 11.0 Å². The third-order valence-electron chi connectivity index (χ3n) is 4.22. The maximum atomic E-state index is 12.6. The molecule has 1 fully saturated rings. The summed E-state index contributed by atoms with van der Waals surface area (Å²) in [6.07, 6.45) is -0.884. The van der Waals surface area contributed by atoms with Crippen molar-refractivity contribution in [1.29, 1.82) is 0 Å². The average Bonchev–Trinajstić information content (AvgIpc) is 3.07. The van der Waals surface area contributed by atoms with Crippen molar-refractivity contribution >= 4 is 51.2 Å². The normalized spacial score (nSPS) is 22.6. The minimum Gasteiger partial charge on any atom is -0.478 e. The van der Waals surface area contributed by atoms with Crippen LogP contribution in [0.4, 0.5) is 9.80 Å². The minimum atomic E-state index is -1.29. The first-order valence-corrected chi connectivity index (χ1v) is 9.19. The number of nitrogen functional groups attached to an aromatic ring is 1. The van der Waals surface area contributed by atoms with Crippen LogP contribution in [0.2, 0.25) is 0 Å². The molecule has 0 radical (unpaired) electrons. The summed E-state index contributed by atoms with van der Waals surface area (Å²) in [5.41, 5.74) is 6.05. The molecule has 9 nitrogen and oxygen atoms in total. The molecular weight excluding hydrogens is 370 g/mol. The summed E-state index contributed by atoms with van der Waals surface area (Å²) in [6.45, 7) is -0.113. The molecule has 0 spiro atoms. The van der Waals surface area contributed by atoms with Crippen LogP contribution in [-0.4, -0.2) is 56.0 Å². The van der Waals surface area contributed by atoms with E-state index in [9.17, 15) is 29.4 Å². The molecule has 25 heavy (non-hydrogen) atoms. The van der Waals surface area contributed by atoms with E-state index in [2.05, 4.69) is 5.32 Å². The summed E-state index contributed by atoms with van der Waals surface area (Å²) in [7, 11) is 0. The Balaban J connectivity index is 1.89. The first kappa shape index (κ1) is 17.5. The number of aromatic carboxylic acids is 1. The first-order valence-electron chi connectivity index (χ1n) is 7.39. The highest BCUT2D eigenvalue weighted by molar-refractivity contribution is 8.14. The van der Waals surface area contributed by atoms with Crippen molar-refractivity contribution in [2.75, 3.05) is 11.5 Å². The van der Waals surface area contributed by atoms with Gasteiger partial charge in [0, 0.05) is 17.1 Å². The van der Waals surface area contributed by atoms with Gasteiger partial charge in [-0.3, -0.25) is 14.5 Å². The molecule has 0 aromatic carbocycles. The zero-order chi connectivity index (χ0) is 18.3. The number of fused-ring (bicyclic) bond motifs is 1. The van der Waals surface area contributed by atoms with Gasteiger partial charge >= 0.3 is 12.1 Å². The van der Waals surface area contributed by atoms with E-state index in [0.717, 1.165) is 28.0 Å². The fourth-order valence-electron chi connectivity index (χ4n) is 3.01. The van der Waals surface area contributed by atoms with Gasteiger partial charge < -0.3 is 21.3 Å². The molecular formula is C14H15N3O6S2. The number of thiophene rings is 1. The molecule has 5 N–H and O–H groups in total. The zero-order valence-electron chi connectivity index (χ0n) is 12.9. The number of nitrogens with two attached hydrogens (primary N) is 1. The number of carbonyl (C=O) groups excluding carboxylic acids is 2. The van der Waals surface area contributed by atoms with E-state index >= 15 is 0 Å². The van der Waals surface area contributed by atoms with Gasteiger partial charge in [0.15, 0.2) is 0 Å². The lowest BCUT2D eigenvalue weighted by molar-refractivity contribution is -0.129. The molecule has 2 atom stereocenters. The molecule has 2 aliphatic heterocycles. The Hall–Kier alpha value is -2.27. The van der Waals surface area contributed by atoms with E-state index in [4.69, 9.17) is 5.73 Å². The summed E-state index contributed by atoms with van der Waals surface area (Å²) in [5, 5.41) is 21.3.